The molecule has 0 fully saturated rings. The van der Waals surface area contributed by atoms with Crippen molar-refractivity contribution in [1.29, 1.82) is 0 Å². The number of benzene rings is 1. The minimum absolute atomic E-state index is 0.167. The van der Waals surface area contributed by atoms with Crippen LogP contribution in [0, 0.1) is 13.8 Å². The van der Waals surface area contributed by atoms with Crippen LogP contribution in [-0.2, 0) is 11.3 Å². The van der Waals surface area contributed by atoms with Gasteiger partial charge in [-0.25, -0.2) is 0 Å². The zero-order valence-electron chi connectivity index (χ0n) is 15.0. The molecular formula is C19H19ClN4O2S. The normalized spacial score (nSPS) is 10.8. The summed E-state index contributed by atoms with van der Waals surface area (Å²) in [5.41, 5.74) is 2.49. The van der Waals surface area contributed by atoms with Crippen LogP contribution in [0.15, 0.2) is 52.8 Å². The number of halogens is 1. The Morgan fingerprint density at radius 3 is 2.85 bits per heavy atom. The average Bonchev–Trinajstić information content (AvgIpc) is 3.22. The standard InChI is InChI=1S/C19H19ClN4O2S/c1-4-8-24-18(14-7-9-26-13(14)3)22-23-19(24)27-11-17(25)21-16-6-5-12(2)10-15(16)20/h4-7,9-10H,1,8,11H2,2-3H3,(H,21,25). The Morgan fingerprint density at radius 1 is 1.37 bits per heavy atom. The van der Waals surface area contributed by atoms with Gasteiger partial charge in [-0.1, -0.05) is 35.5 Å². The number of nitrogens with zero attached hydrogens (tertiary/aromatic N) is 3. The minimum Gasteiger partial charge on any atom is -0.469 e. The van der Waals surface area contributed by atoms with Crippen molar-refractivity contribution < 1.29 is 9.21 Å². The Labute approximate surface area is 166 Å². The fourth-order valence-corrected chi connectivity index (χ4v) is 3.57. The van der Waals surface area contributed by atoms with Crippen molar-refractivity contribution in [2.75, 3.05) is 11.1 Å². The van der Waals surface area contributed by atoms with E-state index in [1.54, 1.807) is 18.4 Å². The number of anilines is 1. The molecular weight excluding hydrogens is 384 g/mol. The predicted molar refractivity (Wildman–Crippen MR) is 108 cm³/mol. The highest BCUT2D eigenvalue weighted by atomic mass is 35.5. The first-order valence-corrected chi connectivity index (χ1v) is 9.63. The van der Waals surface area contributed by atoms with Gasteiger partial charge in [0, 0.05) is 6.54 Å². The third-order valence-corrected chi connectivity index (χ3v) is 5.14. The molecule has 0 bridgehead atoms. The number of carbonyl (C=O) groups is 1. The summed E-state index contributed by atoms with van der Waals surface area (Å²) >= 11 is 7.47. The summed E-state index contributed by atoms with van der Waals surface area (Å²) in [5.74, 6) is 1.46. The topological polar surface area (TPSA) is 73.0 Å². The molecule has 0 radical (unpaired) electrons. The lowest BCUT2D eigenvalue weighted by atomic mass is 10.2. The lowest BCUT2D eigenvalue weighted by molar-refractivity contribution is -0.113. The van der Waals surface area contributed by atoms with E-state index >= 15 is 0 Å². The number of carbonyl (C=O) groups excluding carboxylic acids is 1. The first-order valence-electron chi connectivity index (χ1n) is 8.27. The molecule has 140 valence electrons. The molecule has 1 aromatic carbocycles. The van der Waals surface area contributed by atoms with Gasteiger partial charge < -0.3 is 9.73 Å². The quantitative estimate of drug-likeness (QED) is 0.457. The van der Waals surface area contributed by atoms with E-state index < -0.39 is 0 Å². The SMILES string of the molecule is C=CCn1c(SCC(=O)Nc2ccc(C)cc2Cl)nnc1-c1ccoc1C. The summed E-state index contributed by atoms with van der Waals surface area (Å²) in [5, 5.41) is 12.4. The largest absolute Gasteiger partial charge is 0.469 e. The number of aryl methyl sites for hydroxylation is 2. The summed E-state index contributed by atoms with van der Waals surface area (Å²) in [6.07, 6.45) is 3.38. The number of amides is 1. The molecule has 0 atom stereocenters. The second-order valence-corrected chi connectivity index (χ2v) is 7.27. The van der Waals surface area contributed by atoms with Crippen LogP contribution in [0.4, 0.5) is 5.69 Å². The molecule has 0 saturated carbocycles. The number of aromatic nitrogens is 3. The smallest absolute Gasteiger partial charge is 0.234 e. The van der Waals surface area contributed by atoms with Crippen LogP contribution in [0.1, 0.15) is 11.3 Å². The molecule has 2 heterocycles. The van der Waals surface area contributed by atoms with Crippen molar-refractivity contribution in [3.05, 3.63) is 59.5 Å². The van der Waals surface area contributed by atoms with Gasteiger partial charge in [0.25, 0.3) is 0 Å². The van der Waals surface area contributed by atoms with E-state index in [1.807, 2.05) is 36.6 Å². The molecule has 0 unspecified atom stereocenters. The van der Waals surface area contributed by atoms with E-state index in [9.17, 15) is 4.79 Å². The molecule has 1 amide bonds. The van der Waals surface area contributed by atoms with E-state index in [2.05, 4.69) is 22.1 Å². The summed E-state index contributed by atoms with van der Waals surface area (Å²) in [6, 6.07) is 7.35. The molecule has 2 aromatic heterocycles. The molecule has 0 spiro atoms. The molecule has 3 rings (SSSR count). The van der Waals surface area contributed by atoms with E-state index in [-0.39, 0.29) is 11.7 Å². The highest BCUT2D eigenvalue weighted by Gasteiger charge is 2.17. The molecule has 0 aliphatic rings. The van der Waals surface area contributed by atoms with Crippen LogP contribution in [0.2, 0.25) is 5.02 Å². The summed E-state index contributed by atoms with van der Waals surface area (Å²) in [7, 11) is 0. The van der Waals surface area contributed by atoms with Crippen LogP contribution in [-0.4, -0.2) is 26.4 Å². The fourth-order valence-electron chi connectivity index (χ4n) is 2.54. The van der Waals surface area contributed by atoms with Crippen molar-refractivity contribution in [3.8, 4) is 11.4 Å². The van der Waals surface area contributed by atoms with Gasteiger partial charge in [-0.15, -0.1) is 16.8 Å². The highest BCUT2D eigenvalue weighted by Crippen LogP contribution is 2.28. The van der Waals surface area contributed by atoms with Gasteiger partial charge in [0.1, 0.15) is 5.76 Å². The molecule has 0 aliphatic carbocycles. The lowest BCUT2D eigenvalue weighted by Gasteiger charge is -2.09. The van der Waals surface area contributed by atoms with Crippen LogP contribution in [0.25, 0.3) is 11.4 Å². The predicted octanol–water partition coefficient (Wildman–Crippen LogP) is 4.73. The number of allylic oxidation sites excluding steroid dienone is 1. The number of furan rings is 1. The Balaban J connectivity index is 1.72. The van der Waals surface area contributed by atoms with Crippen LogP contribution in [0.3, 0.4) is 0 Å². The van der Waals surface area contributed by atoms with E-state index in [1.165, 1.54) is 11.8 Å². The van der Waals surface area contributed by atoms with Gasteiger partial charge in [-0.3, -0.25) is 9.36 Å². The van der Waals surface area contributed by atoms with Crippen LogP contribution in [0.5, 0.6) is 0 Å². The maximum absolute atomic E-state index is 12.3. The highest BCUT2D eigenvalue weighted by molar-refractivity contribution is 7.99. The fraction of sp³-hybridized carbons (Fsp3) is 0.211. The summed E-state index contributed by atoms with van der Waals surface area (Å²) < 4.78 is 7.26. The Hall–Kier alpha value is -2.51. The van der Waals surface area contributed by atoms with E-state index in [4.69, 9.17) is 16.0 Å². The number of hydrogen-bond donors (Lipinski definition) is 1. The Kier molecular flexibility index (Phi) is 6.03. The van der Waals surface area contributed by atoms with Gasteiger partial charge in [0.15, 0.2) is 11.0 Å². The van der Waals surface area contributed by atoms with Gasteiger partial charge in [-0.2, -0.15) is 0 Å². The minimum atomic E-state index is -0.167. The maximum Gasteiger partial charge on any atom is 0.234 e. The summed E-state index contributed by atoms with van der Waals surface area (Å²) in [6.45, 7) is 8.13. The zero-order chi connectivity index (χ0) is 19.4. The first-order chi connectivity index (χ1) is 13.0. The van der Waals surface area contributed by atoms with Gasteiger partial charge in [0.2, 0.25) is 5.91 Å². The van der Waals surface area contributed by atoms with Crippen molar-refractivity contribution in [1.82, 2.24) is 14.8 Å². The third-order valence-electron chi connectivity index (χ3n) is 3.86. The second-order valence-electron chi connectivity index (χ2n) is 5.92. The number of nitrogens with one attached hydrogen (secondary N) is 1. The Morgan fingerprint density at radius 2 is 2.19 bits per heavy atom. The number of rotatable bonds is 7. The van der Waals surface area contributed by atoms with Gasteiger partial charge >= 0.3 is 0 Å². The lowest BCUT2D eigenvalue weighted by Crippen LogP contribution is -2.15. The zero-order valence-corrected chi connectivity index (χ0v) is 16.6. The molecule has 6 nitrogen and oxygen atoms in total. The molecule has 0 saturated heterocycles. The van der Waals surface area contributed by atoms with Crippen molar-refractivity contribution in [3.63, 3.8) is 0 Å². The molecule has 8 heteroatoms. The monoisotopic (exact) mass is 402 g/mol. The molecule has 0 aliphatic heterocycles. The van der Waals surface area contributed by atoms with Gasteiger partial charge in [0.05, 0.1) is 28.3 Å². The maximum atomic E-state index is 12.3. The average molecular weight is 403 g/mol. The molecule has 27 heavy (non-hydrogen) atoms. The summed E-state index contributed by atoms with van der Waals surface area (Å²) in [4.78, 5) is 12.3. The van der Waals surface area contributed by atoms with Crippen molar-refractivity contribution >= 4 is 35.0 Å². The number of thioether (sulfide) groups is 1. The third kappa shape index (κ3) is 4.43. The van der Waals surface area contributed by atoms with Crippen LogP contribution >= 0.6 is 23.4 Å². The van der Waals surface area contributed by atoms with Crippen molar-refractivity contribution in [2.45, 2.75) is 25.5 Å². The van der Waals surface area contributed by atoms with E-state index in [0.29, 0.717) is 28.2 Å². The van der Waals surface area contributed by atoms with Crippen LogP contribution < -0.4 is 5.32 Å². The number of hydrogen-bond acceptors (Lipinski definition) is 5. The first kappa shape index (κ1) is 19.3. The van der Waals surface area contributed by atoms with E-state index in [0.717, 1.165) is 16.9 Å². The molecule has 3 aromatic rings. The molecule has 1 N–H and O–H groups in total. The van der Waals surface area contributed by atoms with Crippen molar-refractivity contribution in [2.24, 2.45) is 0 Å². The second kappa shape index (κ2) is 8.45. The van der Waals surface area contributed by atoms with Gasteiger partial charge in [-0.05, 0) is 37.6 Å². The Bertz CT molecular complexity index is 980.